The average molecular weight is 727 g/mol. The minimum atomic E-state index is -0.455. The van der Waals surface area contributed by atoms with E-state index in [0.717, 1.165) is 28.3 Å². The van der Waals surface area contributed by atoms with Gasteiger partial charge in [0.2, 0.25) is 0 Å². The molecule has 268 valence electrons. The minimum absolute atomic E-state index is 0.455. The van der Waals surface area contributed by atoms with Crippen LogP contribution in [0.1, 0.15) is 22.3 Å². The van der Waals surface area contributed by atoms with Gasteiger partial charge in [-0.2, -0.15) is 0 Å². The second-order valence-corrected chi connectivity index (χ2v) is 14.8. The summed E-state index contributed by atoms with van der Waals surface area (Å²) in [7, 11) is 0. The molecule has 1 aromatic heterocycles. The van der Waals surface area contributed by atoms with Crippen LogP contribution in [0.5, 0.6) is 0 Å². The summed E-state index contributed by atoms with van der Waals surface area (Å²) in [6, 6.07) is 84.1. The molecule has 0 fully saturated rings. The van der Waals surface area contributed by atoms with E-state index < -0.39 is 5.41 Å². The summed E-state index contributed by atoms with van der Waals surface area (Å²) in [5.41, 5.74) is 16.5. The lowest BCUT2D eigenvalue weighted by atomic mass is 9.68. The molecule has 2 heteroatoms. The normalized spacial score (nSPS) is 12.7. The first-order valence-electron chi connectivity index (χ1n) is 19.7. The summed E-state index contributed by atoms with van der Waals surface area (Å²) >= 11 is 0. The van der Waals surface area contributed by atoms with E-state index in [0.29, 0.717) is 0 Å². The van der Waals surface area contributed by atoms with Crippen LogP contribution in [0, 0.1) is 0 Å². The molecule has 0 unspecified atom stereocenters. The van der Waals surface area contributed by atoms with Crippen LogP contribution in [0.2, 0.25) is 0 Å². The van der Waals surface area contributed by atoms with E-state index in [4.69, 9.17) is 0 Å². The molecule has 2 nitrogen and oxygen atoms in total. The highest BCUT2D eigenvalue weighted by molar-refractivity contribution is 6.14. The van der Waals surface area contributed by atoms with Crippen LogP contribution in [-0.2, 0) is 5.41 Å². The third kappa shape index (κ3) is 5.04. The highest BCUT2D eigenvalue weighted by Crippen LogP contribution is 2.56. The number of fused-ring (bicyclic) bond motifs is 6. The fourth-order valence-electron chi connectivity index (χ4n) is 9.55. The van der Waals surface area contributed by atoms with E-state index in [1.807, 2.05) is 0 Å². The molecule has 0 spiro atoms. The standard InChI is InChI=1S/C55H38N2/c1-4-19-39(20-5-1)55(50-31-14-10-25-44(50)45-26-11-15-32-51(45)55)40-35-37-43(38-36-40)56(41-21-6-2-7-22-41)52-33-16-12-27-46(52)48-29-18-30-49-47-28-13-17-34-53(47)57(54(48)49)42-23-8-3-9-24-42/h1-38H. The third-order valence-corrected chi connectivity index (χ3v) is 11.9. The maximum absolute atomic E-state index is 2.43. The molecule has 0 bridgehead atoms. The predicted molar refractivity (Wildman–Crippen MR) is 238 cm³/mol. The summed E-state index contributed by atoms with van der Waals surface area (Å²) in [6.07, 6.45) is 0. The van der Waals surface area contributed by atoms with Crippen molar-refractivity contribution in [2.24, 2.45) is 0 Å². The monoisotopic (exact) mass is 726 g/mol. The van der Waals surface area contributed by atoms with E-state index in [1.54, 1.807) is 0 Å². The van der Waals surface area contributed by atoms with E-state index in [1.165, 1.54) is 60.8 Å². The molecule has 0 saturated carbocycles. The smallest absolute Gasteiger partial charge is 0.0713 e. The second kappa shape index (κ2) is 13.4. The maximum atomic E-state index is 2.43. The summed E-state index contributed by atoms with van der Waals surface area (Å²) < 4.78 is 2.43. The molecule has 11 rings (SSSR count). The molecule has 0 amide bonds. The van der Waals surface area contributed by atoms with Gasteiger partial charge in [0.05, 0.1) is 22.1 Å². The molecule has 0 saturated heterocycles. The molecule has 9 aromatic carbocycles. The van der Waals surface area contributed by atoms with Gasteiger partial charge in [-0.3, -0.25) is 0 Å². The Morgan fingerprint density at radius 3 is 1.53 bits per heavy atom. The van der Waals surface area contributed by atoms with Crippen molar-refractivity contribution >= 4 is 38.9 Å². The van der Waals surface area contributed by atoms with E-state index in [2.05, 4.69) is 240 Å². The fraction of sp³-hybridized carbons (Fsp3) is 0.0182. The number of aromatic nitrogens is 1. The molecule has 1 aliphatic carbocycles. The van der Waals surface area contributed by atoms with Gasteiger partial charge in [-0.05, 0) is 81.9 Å². The maximum Gasteiger partial charge on any atom is 0.0713 e. The Kier molecular flexibility index (Phi) is 7.75. The lowest BCUT2D eigenvalue weighted by Gasteiger charge is -2.34. The van der Waals surface area contributed by atoms with Crippen molar-refractivity contribution in [2.45, 2.75) is 5.41 Å². The summed E-state index contributed by atoms with van der Waals surface area (Å²) in [5.74, 6) is 0. The Balaban J connectivity index is 1.13. The number of hydrogen-bond acceptors (Lipinski definition) is 1. The van der Waals surface area contributed by atoms with E-state index >= 15 is 0 Å². The van der Waals surface area contributed by atoms with Crippen molar-refractivity contribution in [1.29, 1.82) is 0 Å². The molecule has 10 aromatic rings. The Hall–Kier alpha value is -7.42. The SMILES string of the molecule is c1ccc(N(c2ccc(C3(c4ccccc4)c4ccccc4-c4ccccc43)cc2)c2ccccc2-c2cccc3c4ccccc4n(-c4ccccc4)c23)cc1. The molecule has 0 radical (unpaired) electrons. The topological polar surface area (TPSA) is 8.17 Å². The van der Waals surface area contributed by atoms with Crippen LogP contribution in [0.25, 0.3) is 49.7 Å². The zero-order valence-corrected chi connectivity index (χ0v) is 31.3. The number of benzene rings is 9. The van der Waals surface area contributed by atoms with Gasteiger partial charge in [0.25, 0.3) is 0 Å². The van der Waals surface area contributed by atoms with Crippen LogP contribution in [-0.4, -0.2) is 4.57 Å². The highest BCUT2D eigenvalue weighted by Gasteiger charge is 2.45. The van der Waals surface area contributed by atoms with E-state index in [9.17, 15) is 0 Å². The number of para-hydroxylation sites is 5. The van der Waals surface area contributed by atoms with Gasteiger partial charge in [-0.1, -0.05) is 182 Å². The zero-order chi connectivity index (χ0) is 37.8. The summed E-state index contributed by atoms with van der Waals surface area (Å²) in [6.45, 7) is 0. The van der Waals surface area contributed by atoms with Crippen LogP contribution in [0.15, 0.2) is 231 Å². The first kappa shape index (κ1) is 33.0. The van der Waals surface area contributed by atoms with Gasteiger partial charge in [0.15, 0.2) is 0 Å². The lowest BCUT2D eigenvalue weighted by Crippen LogP contribution is -2.28. The molecule has 0 atom stereocenters. The molecular formula is C55H38N2. The molecule has 1 heterocycles. The van der Waals surface area contributed by atoms with Gasteiger partial charge < -0.3 is 9.47 Å². The van der Waals surface area contributed by atoms with Crippen LogP contribution >= 0.6 is 0 Å². The first-order valence-corrected chi connectivity index (χ1v) is 19.7. The van der Waals surface area contributed by atoms with Gasteiger partial charge in [-0.15, -0.1) is 0 Å². The Labute approximate surface area is 333 Å². The zero-order valence-electron chi connectivity index (χ0n) is 31.3. The van der Waals surface area contributed by atoms with E-state index in [-0.39, 0.29) is 0 Å². The van der Waals surface area contributed by atoms with Crippen molar-refractivity contribution < 1.29 is 0 Å². The fourth-order valence-corrected chi connectivity index (χ4v) is 9.55. The molecule has 1 aliphatic rings. The summed E-state index contributed by atoms with van der Waals surface area (Å²) in [4.78, 5) is 2.42. The van der Waals surface area contributed by atoms with Gasteiger partial charge in [0.1, 0.15) is 0 Å². The van der Waals surface area contributed by atoms with Crippen molar-refractivity contribution in [3.63, 3.8) is 0 Å². The van der Waals surface area contributed by atoms with Crippen molar-refractivity contribution in [3.8, 4) is 27.9 Å². The van der Waals surface area contributed by atoms with Gasteiger partial charge >= 0.3 is 0 Å². The van der Waals surface area contributed by atoms with Gasteiger partial charge in [0, 0.05) is 39.0 Å². The summed E-state index contributed by atoms with van der Waals surface area (Å²) in [5, 5.41) is 2.48. The van der Waals surface area contributed by atoms with Crippen molar-refractivity contribution in [3.05, 3.63) is 253 Å². The highest BCUT2D eigenvalue weighted by atomic mass is 15.1. The van der Waals surface area contributed by atoms with Crippen LogP contribution in [0.4, 0.5) is 17.1 Å². The Morgan fingerprint density at radius 1 is 0.333 bits per heavy atom. The largest absolute Gasteiger partial charge is 0.310 e. The second-order valence-electron chi connectivity index (χ2n) is 14.8. The number of anilines is 3. The third-order valence-electron chi connectivity index (χ3n) is 11.9. The quantitative estimate of drug-likeness (QED) is 0.159. The first-order chi connectivity index (χ1) is 28.3. The number of hydrogen-bond donors (Lipinski definition) is 0. The molecule has 0 aliphatic heterocycles. The van der Waals surface area contributed by atoms with Crippen molar-refractivity contribution in [2.75, 3.05) is 4.90 Å². The Bertz CT molecular complexity index is 3010. The Morgan fingerprint density at radius 2 is 0.825 bits per heavy atom. The van der Waals surface area contributed by atoms with Crippen LogP contribution < -0.4 is 4.90 Å². The molecular weight excluding hydrogens is 689 g/mol. The van der Waals surface area contributed by atoms with Gasteiger partial charge in [-0.25, -0.2) is 0 Å². The molecule has 57 heavy (non-hydrogen) atoms. The molecule has 0 N–H and O–H groups in total. The van der Waals surface area contributed by atoms with Crippen LogP contribution in [0.3, 0.4) is 0 Å². The number of nitrogens with zero attached hydrogens (tertiary/aromatic N) is 2. The van der Waals surface area contributed by atoms with Crippen molar-refractivity contribution in [1.82, 2.24) is 4.57 Å². The number of rotatable bonds is 7. The average Bonchev–Trinajstić information content (AvgIpc) is 3.79. The lowest BCUT2D eigenvalue weighted by molar-refractivity contribution is 0.768. The minimum Gasteiger partial charge on any atom is -0.310 e. The predicted octanol–water partition coefficient (Wildman–Crippen LogP) is 14.3.